The first-order valence-corrected chi connectivity index (χ1v) is 10.3. The van der Waals surface area contributed by atoms with Gasteiger partial charge in [0.15, 0.2) is 0 Å². The van der Waals surface area contributed by atoms with Gasteiger partial charge in [0.05, 0.1) is 10.6 Å². The fourth-order valence-electron chi connectivity index (χ4n) is 4.93. The second-order valence-corrected chi connectivity index (χ2v) is 10.5. The number of rotatable bonds is 2. The number of hydrogen-bond donors (Lipinski definition) is 0. The molecule has 2 aromatic rings. The lowest BCUT2D eigenvalue weighted by Gasteiger charge is -2.39. The highest BCUT2D eigenvalue weighted by atomic mass is 32.1. The van der Waals surface area contributed by atoms with Crippen molar-refractivity contribution in [2.75, 3.05) is 6.54 Å². The van der Waals surface area contributed by atoms with Crippen molar-refractivity contribution in [1.82, 2.24) is 9.88 Å². The molecule has 2 atom stereocenters. The average molecular weight is 361 g/mol. The molecule has 24 heavy (non-hydrogen) atoms. The molecule has 0 radical (unpaired) electrons. The average Bonchev–Trinajstić information content (AvgIpc) is 3.15. The van der Waals surface area contributed by atoms with Crippen molar-refractivity contribution in [2.45, 2.75) is 53.0 Å². The molecule has 2 aliphatic rings. The minimum absolute atomic E-state index is 0.194. The van der Waals surface area contributed by atoms with Gasteiger partial charge in [0.1, 0.15) is 9.88 Å². The zero-order chi connectivity index (χ0) is 17.1. The first-order valence-electron chi connectivity index (χ1n) is 8.59. The molecule has 0 aromatic carbocycles. The third-order valence-corrected chi connectivity index (χ3v) is 7.58. The fraction of sp³-hybridized carbons (Fsp3) is 0.579. The number of nitrogens with zero attached hydrogens (tertiary/aromatic N) is 2. The number of carbonyl (C=O) groups is 1. The van der Waals surface area contributed by atoms with Crippen molar-refractivity contribution < 1.29 is 4.79 Å². The quantitative estimate of drug-likeness (QED) is 0.735. The van der Waals surface area contributed by atoms with E-state index in [4.69, 9.17) is 0 Å². The normalized spacial score (nSPS) is 28.3. The van der Waals surface area contributed by atoms with Gasteiger partial charge in [-0.15, -0.1) is 22.7 Å². The van der Waals surface area contributed by atoms with E-state index in [-0.39, 0.29) is 11.3 Å². The van der Waals surface area contributed by atoms with Gasteiger partial charge in [-0.2, -0.15) is 0 Å². The number of thiophene rings is 1. The standard InChI is InChI=1S/C19H24N2OS2/c1-12-15(24-16(20-12)14-6-5-7-23-14)17(22)21-11-19(4)9-13(21)8-18(2,3)10-19/h5-7,13H,8-11H2,1-4H3/t13-,19-/m1/s1. The first-order chi connectivity index (χ1) is 11.3. The van der Waals surface area contributed by atoms with Crippen LogP contribution in [0.25, 0.3) is 9.88 Å². The van der Waals surface area contributed by atoms with Gasteiger partial charge in [-0.1, -0.05) is 26.8 Å². The van der Waals surface area contributed by atoms with E-state index in [0.717, 1.165) is 39.8 Å². The number of likely N-dealkylation sites (tertiary alicyclic amines) is 1. The predicted octanol–water partition coefficient (Wildman–Crippen LogP) is 5.22. The van der Waals surface area contributed by atoms with Crippen LogP contribution in [-0.2, 0) is 0 Å². The van der Waals surface area contributed by atoms with Crippen molar-refractivity contribution in [1.29, 1.82) is 0 Å². The molecule has 128 valence electrons. The van der Waals surface area contributed by atoms with E-state index in [1.807, 2.05) is 13.0 Å². The smallest absolute Gasteiger partial charge is 0.266 e. The number of carbonyl (C=O) groups excluding carboxylic acids is 1. The summed E-state index contributed by atoms with van der Waals surface area (Å²) >= 11 is 3.23. The zero-order valence-corrected chi connectivity index (χ0v) is 16.4. The van der Waals surface area contributed by atoms with Crippen molar-refractivity contribution >= 4 is 28.6 Å². The lowest BCUT2D eigenvalue weighted by atomic mass is 9.65. The van der Waals surface area contributed by atoms with E-state index in [9.17, 15) is 4.79 Å². The van der Waals surface area contributed by atoms with Crippen LogP contribution in [0.3, 0.4) is 0 Å². The van der Waals surface area contributed by atoms with Crippen LogP contribution >= 0.6 is 22.7 Å². The molecule has 0 N–H and O–H groups in total. The highest BCUT2D eigenvalue weighted by Gasteiger charge is 2.51. The van der Waals surface area contributed by atoms with E-state index < -0.39 is 0 Å². The molecule has 1 saturated carbocycles. The molecule has 1 amide bonds. The van der Waals surface area contributed by atoms with Crippen molar-refractivity contribution in [3.63, 3.8) is 0 Å². The highest BCUT2D eigenvalue weighted by molar-refractivity contribution is 7.22. The molecule has 1 saturated heterocycles. The molecule has 2 aromatic heterocycles. The highest BCUT2D eigenvalue weighted by Crippen LogP contribution is 2.53. The minimum atomic E-state index is 0.194. The van der Waals surface area contributed by atoms with Crippen LogP contribution in [0.2, 0.25) is 0 Å². The van der Waals surface area contributed by atoms with Gasteiger partial charge in [-0.3, -0.25) is 4.79 Å². The van der Waals surface area contributed by atoms with E-state index in [2.05, 4.69) is 42.1 Å². The molecule has 2 fully saturated rings. The van der Waals surface area contributed by atoms with E-state index >= 15 is 0 Å². The lowest BCUT2D eigenvalue weighted by Crippen LogP contribution is -2.37. The molecule has 3 heterocycles. The van der Waals surface area contributed by atoms with Crippen LogP contribution in [0.15, 0.2) is 17.5 Å². The third kappa shape index (κ3) is 2.72. The van der Waals surface area contributed by atoms with Gasteiger partial charge in [0, 0.05) is 12.6 Å². The summed E-state index contributed by atoms with van der Waals surface area (Å²) in [6.45, 7) is 9.90. The third-order valence-electron chi connectivity index (χ3n) is 5.40. The number of thiazole rings is 1. The Morgan fingerprint density at radius 3 is 2.83 bits per heavy atom. The van der Waals surface area contributed by atoms with Gasteiger partial charge < -0.3 is 4.90 Å². The van der Waals surface area contributed by atoms with Gasteiger partial charge in [0.2, 0.25) is 0 Å². The molecule has 1 aliphatic heterocycles. The molecule has 3 nitrogen and oxygen atoms in total. The molecule has 1 aliphatic carbocycles. The van der Waals surface area contributed by atoms with Crippen molar-refractivity contribution in [2.24, 2.45) is 10.8 Å². The van der Waals surface area contributed by atoms with Gasteiger partial charge in [-0.25, -0.2) is 4.98 Å². The Kier molecular flexibility index (Phi) is 3.66. The summed E-state index contributed by atoms with van der Waals surface area (Å²) in [6.07, 6.45) is 3.48. The zero-order valence-electron chi connectivity index (χ0n) is 14.8. The largest absolute Gasteiger partial charge is 0.334 e. The molecular formula is C19H24N2OS2. The van der Waals surface area contributed by atoms with Crippen LogP contribution in [-0.4, -0.2) is 28.4 Å². The molecule has 0 spiro atoms. The molecule has 5 heteroatoms. The Hall–Kier alpha value is -1.20. The summed E-state index contributed by atoms with van der Waals surface area (Å²) in [5.41, 5.74) is 1.48. The Morgan fingerprint density at radius 2 is 2.12 bits per heavy atom. The second kappa shape index (κ2) is 5.40. The maximum Gasteiger partial charge on any atom is 0.266 e. The number of fused-ring (bicyclic) bond motifs is 2. The van der Waals surface area contributed by atoms with Crippen LogP contribution in [0.5, 0.6) is 0 Å². The summed E-state index contributed by atoms with van der Waals surface area (Å²) in [7, 11) is 0. The van der Waals surface area contributed by atoms with Gasteiger partial charge in [0.25, 0.3) is 5.91 Å². The molecular weight excluding hydrogens is 336 g/mol. The monoisotopic (exact) mass is 360 g/mol. The van der Waals surface area contributed by atoms with E-state index in [1.54, 1.807) is 22.7 Å². The first kappa shape index (κ1) is 16.3. The van der Waals surface area contributed by atoms with Crippen LogP contribution in [0.1, 0.15) is 55.4 Å². The van der Waals surface area contributed by atoms with Gasteiger partial charge >= 0.3 is 0 Å². The molecule has 2 bridgehead atoms. The Labute approximate surface area is 151 Å². The summed E-state index contributed by atoms with van der Waals surface area (Å²) in [6, 6.07) is 4.49. The molecule has 0 unspecified atom stereocenters. The Morgan fingerprint density at radius 1 is 1.33 bits per heavy atom. The Bertz CT molecular complexity index is 777. The maximum absolute atomic E-state index is 13.2. The predicted molar refractivity (Wildman–Crippen MR) is 101 cm³/mol. The SMILES string of the molecule is Cc1nc(-c2cccs2)sc1C(=O)N1C[C@]2(C)C[C@H]1CC(C)(C)C2. The van der Waals surface area contributed by atoms with E-state index in [0.29, 0.717) is 11.5 Å². The summed E-state index contributed by atoms with van der Waals surface area (Å²) in [5, 5.41) is 3.03. The van der Waals surface area contributed by atoms with E-state index in [1.165, 1.54) is 6.42 Å². The summed E-state index contributed by atoms with van der Waals surface area (Å²) in [4.78, 5) is 22.0. The maximum atomic E-state index is 13.2. The Balaban J connectivity index is 1.63. The second-order valence-electron chi connectivity index (χ2n) is 8.56. The van der Waals surface area contributed by atoms with Gasteiger partial charge in [-0.05, 0) is 48.5 Å². The summed E-state index contributed by atoms with van der Waals surface area (Å²) in [5.74, 6) is 0.194. The topological polar surface area (TPSA) is 33.2 Å². The van der Waals surface area contributed by atoms with Crippen LogP contribution < -0.4 is 0 Å². The minimum Gasteiger partial charge on any atom is -0.334 e. The fourth-order valence-corrected chi connectivity index (χ4v) is 6.75. The van der Waals surface area contributed by atoms with Crippen molar-refractivity contribution in [3.05, 3.63) is 28.1 Å². The van der Waals surface area contributed by atoms with Crippen molar-refractivity contribution in [3.8, 4) is 9.88 Å². The number of aryl methyl sites for hydroxylation is 1. The summed E-state index contributed by atoms with van der Waals surface area (Å²) < 4.78 is 0. The number of amides is 1. The van der Waals surface area contributed by atoms with Crippen LogP contribution in [0, 0.1) is 17.8 Å². The molecule has 4 rings (SSSR count). The van der Waals surface area contributed by atoms with Crippen LogP contribution in [0.4, 0.5) is 0 Å². The number of hydrogen-bond acceptors (Lipinski definition) is 4. The lowest BCUT2D eigenvalue weighted by molar-refractivity contribution is 0.0712. The number of aromatic nitrogens is 1.